The van der Waals surface area contributed by atoms with E-state index < -0.39 is 12.3 Å². The second kappa shape index (κ2) is 4.71. The molecule has 2 N–H and O–H groups in total. The minimum absolute atomic E-state index is 0.0129. The minimum Gasteiger partial charge on any atom is -0.330 e. The van der Waals surface area contributed by atoms with Crippen LogP contribution in [0.25, 0.3) is 0 Å². The molecule has 1 nitrogen and oxygen atoms in total. The first-order valence-electron chi connectivity index (χ1n) is 5.03. The molecule has 1 unspecified atom stereocenters. The molecule has 15 heavy (non-hydrogen) atoms. The van der Waals surface area contributed by atoms with Crippen LogP contribution in [0, 0.1) is 20.8 Å². The summed E-state index contributed by atoms with van der Waals surface area (Å²) >= 11 is 0. The van der Waals surface area contributed by atoms with Crippen molar-refractivity contribution in [2.75, 3.05) is 6.54 Å². The first-order valence-corrected chi connectivity index (χ1v) is 5.03. The van der Waals surface area contributed by atoms with Gasteiger partial charge >= 0.3 is 0 Å². The topological polar surface area (TPSA) is 26.0 Å². The molecule has 1 aromatic carbocycles. The summed E-state index contributed by atoms with van der Waals surface area (Å²) in [4.78, 5) is 0. The molecular formula is C12H17F2N. The standard InChI is InChI=1S/C12H17F2N/c1-7-4-9(3)10(5-8(7)2)11(6-15)12(13)14/h4-5,11-12H,6,15H2,1-3H3. The van der Waals surface area contributed by atoms with Crippen LogP contribution in [0.5, 0.6) is 0 Å². The molecule has 1 aromatic rings. The number of nitrogens with two attached hydrogens (primary N) is 1. The van der Waals surface area contributed by atoms with Crippen LogP contribution in [0.4, 0.5) is 8.78 Å². The molecule has 0 radical (unpaired) electrons. The number of halogens is 2. The molecule has 3 heteroatoms. The van der Waals surface area contributed by atoms with E-state index in [1.54, 1.807) is 0 Å². The summed E-state index contributed by atoms with van der Waals surface area (Å²) in [6.07, 6.45) is -2.39. The fourth-order valence-corrected chi connectivity index (χ4v) is 1.75. The Hall–Kier alpha value is -0.960. The maximum Gasteiger partial charge on any atom is 0.246 e. The SMILES string of the molecule is Cc1cc(C)c(C(CN)C(F)F)cc1C. The molecule has 0 amide bonds. The smallest absolute Gasteiger partial charge is 0.246 e. The third-order valence-corrected chi connectivity index (χ3v) is 2.84. The van der Waals surface area contributed by atoms with Crippen LogP contribution in [-0.2, 0) is 0 Å². The molecular weight excluding hydrogens is 196 g/mol. The highest BCUT2D eigenvalue weighted by atomic mass is 19.3. The van der Waals surface area contributed by atoms with Crippen LogP contribution < -0.4 is 5.73 Å². The average molecular weight is 213 g/mol. The fourth-order valence-electron chi connectivity index (χ4n) is 1.75. The summed E-state index contributed by atoms with van der Waals surface area (Å²) in [7, 11) is 0. The first kappa shape index (κ1) is 12.1. The molecule has 84 valence electrons. The molecule has 0 heterocycles. The lowest BCUT2D eigenvalue weighted by Gasteiger charge is -2.18. The van der Waals surface area contributed by atoms with Gasteiger partial charge in [0.15, 0.2) is 0 Å². The van der Waals surface area contributed by atoms with E-state index in [-0.39, 0.29) is 6.54 Å². The van der Waals surface area contributed by atoms with E-state index in [1.165, 1.54) is 0 Å². The van der Waals surface area contributed by atoms with Crippen molar-refractivity contribution in [1.82, 2.24) is 0 Å². The second-order valence-electron chi connectivity index (χ2n) is 3.97. The predicted molar refractivity (Wildman–Crippen MR) is 58.5 cm³/mol. The monoisotopic (exact) mass is 213 g/mol. The molecule has 0 bridgehead atoms. The van der Waals surface area contributed by atoms with Gasteiger partial charge in [-0.3, -0.25) is 0 Å². The van der Waals surface area contributed by atoms with Gasteiger partial charge in [0.25, 0.3) is 0 Å². The normalized spacial score (nSPS) is 13.3. The Balaban J connectivity index is 3.18. The fraction of sp³-hybridized carbons (Fsp3) is 0.500. The Morgan fingerprint density at radius 2 is 1.60 bits per heavy atom. The van der Waals surface area contributed by atoms with E-state index >= 15 is 0 Å². The minimum atomic E-state index is -2.39. The number of hydrogen-bond acceptors (Lipinski definition) is 1. The molecule has 0 aliphatic rings. The van der Waals surface area contributed by atoms with Gasteiger partial charge in [-0.15, -0.1) is 0 Å². The summed E-state index contributed by atoms with van der Waals surface area (Å²) in [6.45, 7) is 5.75. The van der Waals surface area contributed by atoms with E-state index in [0.717, 1.165) is 16.7 Å². The zero-order valence-corrected chi connectivity index (χ0v) is 9.35. The summed E-state index contributed by atoms with van der Waals surface area (Å²) < 4.78 is 25.4. The van der Waals surface area contributed by atoms with Crippen molar-refractivity contribution >= 4 is 0 Å². The summed E-state index contributed by atoms with van der Waals surface area (Å²) in [5.74, 6) is -0.843. The molecule has 0 saturated heterocycles. The number of hydrogen-bond donors (Lipinski definition) is 1. The van der Waals surface area contributed by atoms with Gasteiger partial charge in [0.1, 0.15) is 0 Å². The van der Waals surface area contributed by atoms with Crippen molar-refractivity contribution in [2.45, 2.75) is 33.1 Å². The van der Waals surface area contributed by atoms with Crippen LogP contribution in [0.1, 0.15) is 28.2 Å². The Morgan fingerprint density at radius 3 is 2.07 bits per heavy atom. The lowest BCUT2D eigenvalue weighted by Crippen LogP contribution is -2.20. The van der Waals surface area contributed by atoms with Crippen molar-refractivity contribution in [1.29, 1.82) is 0 Å². The largest absolute Gasteiger partial charge is 0.330 e. The van der Waals surface area contributed by atoms with Crippen molar-refractivity contribution < 1.29 is 8.78 Å². The highest BCUT2D eigenvalue weighted by Gasteiger charge is 2.22. The van der Waals surface area contributed by atoms with Crippen molar-refractivity contribution in [3.8, 4) is 0 Å². The van der Waals surface area contributed by atoms with Gasteiger partial charge in [0.05, 0.1) is 5.92 Å². The van der Waals surface area contributed by atoms with E-state index in [0.29, 0.717) is 5.56 Å². The quantitative estimate of drug-likeness (QED) is 0.820. The maximum absolute atomic E-state index is 12.7. The first-order chi connectivity index (χ1) is 6.97. The maximum atomic E-state index is 12.7. The van der Waals surface area contributed by atoms with Crippen molar-refractivity contribution in [2.24, 2.45) is 5.73 Å². The highest BCUT2D eigenvalue weighted by molar-refractivity contribution is 5.38. The zero-order chi connectivity index (χ0) is 11.6. The number of benzene rings is 1. The van der Waals surface area contributed by atoms with Crippen LogP contribution >= 0.6 is 0 Å². The van der Waals surface area contributed by atoms with E-state index in [4.69, 9.17) is 5.73 Å². The van der Waals surface area contributed by atoms with Gasteiger partial charge in [-0.2, -0.15) is 0 Å². The van der Waals surface area contributed by atoms with Crippen LogP contribution in [0.3, 0.4) is 0 Å². The predicted octanol–water partition coefficient (Wildman–Crippen LogP) is 2.92. The molecule has 0 saturated carbocycles. The molecule has 0 fully saturated rings. The van der Waals surface area contributed by atoms with Crippen LogP contribution in [-0.4, -0.2) is 13.0 Å². The number of alkyl halides is 2. The molecule has 0 spiro atoms. The zero-order valence-electron chi connectivity index (χ0n) is 9.35. The Morgan fingerprint density at radius 1 is 1.07 bits per heavy atom. The second-order valence-corrected chi connectivity index (χ2v) is 3.97. The van der Waals surface area contributed by atoms with E-state index in [1.807, 2.05) is 32.9 Å². The van der Waals surface area contributed by atoms with Crippen LogP contribution in [0.15, 0.2) is 12.1 Å². The third-order valence-electron chi connectivity index (χ3n) is 2.84. The molecule has 1 rings (SSSR count). The molecule has 1 atom stereocenters. The summed E-state index contributed by atoms with van der Waals surface area (Å²) in [5, 5.41) is 0. The van der Waals surface area contributed by atoms with Gasteiger partial charge < -0.3 is 5.73 Å². The summed E-state index contributed by atoms with van der Waals surface area (Å²) in [6, 6.07) is 3.77. The molecule has 0 aromatic heterocycles. The van der Waals surface area contributed by atoms with Gasteiger partial charge in [-0.1, -0.05) is 12.1 Å². The van der Waals surface area contributed by atoms with Crippen molar-refractivity contribution in [3.63, 3.8) is 0 Å². The van der Waals surface area contributed by atoms with Crippen molar-refractivity contribution in [3.05, 3.63) is 34.4 Å². The lowest BCUT2D eigenvalue weighted by atomic mass is 9.91. The van der Waals surface area contributed by atoms with E-state index in [2.05, 4.69) is 0 Å². The van der Waals surface area contributed by atoms with Gasteiger partial charge in [0, 0.05) is 6.54 Å². The Kier molecular flexibility index (Phi) is 3.80. The van der Waals surface area contributed by atoms with E-state index in [9.17, 15) is 8.78 Å². The highest BCUT2D eigenvalue weighted by Crippen LogP contribution is 2.27. The van der Waals surface area contributed by atoms with Crippen LogP contribution in [0.2, 0.25) is 0 Å². The lowest BCUT2D eigenvalue weighted by molar-refractivity contribution is 0.117. The molecule has 0 aliphatic heterocycles. The average Bonchev–Trinajstić information content (AvgIpc) is 2.14. The Labute approximate surface area is 89.3 Å². The summed E-state index contributed by atoms with van der Waals surface area (Å²) in [5.41, 5.74) is 9.12. The number of aryl methyl sites for hydroxylation is 3. The number of rotatable bonds is 3. The molecule has 0 aliphatic carbocycles. The van der Waals surface area contributed by atoms with Gasteiger partial charge in [-0.25, -0.2) is 8.78 Å². The Bertz CT molecular complexity index is 348. The third kappa shape index (κ3) is 2.53. The van der Waals surface area contributed by atoms with Gasteiger partial charge in [0.2, 0.25) is 6.43 Å². The van der Waals surface area contributed by atoms with Gasteiger partial charge in [-0.05, 0) is 43.0 Å².